The van der Waals surface area contributed by atoms with Gasteiger partial charge in [-0.3, -0.25) is 10.1 Å². The minimum atomic E-state index is -1.02. The fourth-order valence-electron chi connectivity index (χ4n) is 2.49. The van der Waals surface area contributed by atoms with Gasteiger partial charge in [0.25, 0.3) is 0 Å². The lowest BCUT2D eigenvalue weighted by atomic mass is 9.82. The van der Waals surface area contributed by atoms with E-state index >= 15 is 0 Å². The molecule has 3 atom stereocenters. The van der Waals surface area contributed by atoms with Crippen molar-refractivity contribution in [2.45, 2.75) is 63.7 Å². The molecule has 0 aromatic heterocycles. The van der Waals surface area contributed by atoms with Crippen LogP contribution in [0.2, 0.25) is 0 Å². The smallest absolute Gasteiger partial charge is 0.241 e. The minimum Gasteiger partial charge on any atom is -0.393 e. The average Bonchev–Trinajstić information content (AvgIpc) is 2.25. The van der Waals surface area contributed by atoms with Gasteiger partial charge in [0.1, 0.15) is 6.10 Å². The zero-order chi connectivity index (χ0) is 12.1. The van der Waals surface area contributed by atoms with E-state index in [1.807, 2.05) is 0 Å². The molecular weight excluding hydrogens is 210 g/mol. The van der Waals surface area contributed by atoms with Gasteiger partial charge in [-0.15, -0.1) is 0 Å². The summed E-state index contributed by atoms with van der Waals surface area (Å²) in [6, 6.07) is -1.02. The van der Waals surface area contributed by atoms with Crippen LogP contribution in [0.3, 0.4) is 0 Å². The maximum atomic E-state index is 10.9. The normalized spacial score (nSPS) is 23.7. The van der Waals surface area contributed by atoms with Gasteiger partial charge < -0.3 is 10.2 Å². The Morgan fingerprint density at radius 2 is 1.88 bits per heavy atom. The number of aliphatic hydroxyl groups excluding tert-OH is 2. The van der Waals surface area contributed by atoms with Crippen LogP contribution >= 0.6 is 0 Å². The second-order valence-corrected chi connectivity index (χ2v) is 4.83. The van der Waals surface area contributed by atoms with Crippen molar-refractivity contribution in [3.63, 3.8) is 0 Å². The monoisotopic (exact) mass is 231 g/mol. The first-order valence-electron chi connectivity index (χ1n) is 6.02. The largest absolute Gasteiger partial charge is 0.393 e. The van der Waals surface area contributed by atoms with E-state index in [-0.39, 0.29) is 12.3 Å². The van der Waals surface area contributed by atoms with E-state index in [0.29, 0.717) is 0 Å². The van der Waals surface area contributed by atoms with E-state index in [9.17, 15) is 20.3 Å². The molecule has 3 unspecified atom stereocenters. The lowest BCUT2D eigenvalue weighted by molar-refractivity contribution is -0.539. The summed E-state index contributed by atoms with van der Waals surface area (Å²) in [6.07, 6.45) is 3.35. The molecule has 16 heavy (non-hydrogen) atoms. The summed E-state index contributed by atoms with van der Waals surface area (Å²) in [4.78, 5) is 10.4. The Kier molecular flexibility index (Phi) is 5.15. The van der Waals surface area contributed by atoms with Crippen LogP contribution < -0.4 is 0 Å². The molecule has 1 rings (SSSR count). The summed E-state index contributed by atoms with van der Waals surface area (Å²) >= 11 is 0. The molecule has 0 aliphatic heterocycles. The first kappa shape index (κ1) is 13.4. The van der Waals surface area contributed by atoms with Crippen LogP contribution in [0.1, 0.15) is 45.4 Å². The van der Waals surface area contributed by atoms with Crippen LogP contribution in [0.25, 0.3) is 0 Å². The molecule has 0 aromatic rings. The first-order valence-corrected chi connectivity index (χ1v) is 6.02. The standard InChI is InChI=1S/C11H21NO4/c1-8(13)7-10(12(15)16)11(14)9-5-3-2-4-6-9/h8-11,13-14H,2-7H2,1H3. The number of hydrogen-bond acceptors (Lipinski definition) is 4. The summed E-state index contributed by atoms with van der Waals surface area (Å²) in [5.74, 6) is 0.0305. The summed E-state index contributed by atoms with van der Waals surface area (Å²) in [7, 11) is 0. The molecule has 0 radical (unpaired) electrons. The topological polar surface area (TPSA) is 83.6 Å². The predicted molar refractivity (Wildman–Crippen MR) is 59.7 cm³/mol. The van der Waals surface area contributed by atoms with Crippen LogP contribution in [0.4, 0.5) is 0 Å². The van der Waals surface area contributed by atoms with Gasteiger partial charge in [-0.05, 0) is 25.7 Å². The van der Waals surface area contributed by atoms with Crippen molar-refractivity contribution in [1.29, 1.82) is 0 Å². The Morgan fingerprint density at radius 3 is 2.31 bits per heavy atom. The van der Waals surface area contributed by atoms with Crippen molar-refractivity contribution < 1.29 is 15.1 Å². The summed E-state index contributed by atoms with van der Waals surface area (Å²) in [5, 5.41) is 30.1. The molecule has 5 heteroatoms. The Bertz CT molecular complexity index is 226. The van der Waals surface area contributed by atoms with Gasteiger partial charge in [-0.1, -0.05) is 19.3 Å². The van der Waals surface area contributed by atoms with E-state index in [4.69, 9.17) is 0 Å². The molecular formula is C11H21NO4. The lowest BCUT2D eigenvalue weighted by Gasteiger charge is -2.28. The Labute approximate surface area is 95.6 Å². The van der Waals surface area contributed by atoms with Crippen molar-refractivity contribution >= 4 is 0 Å². The van der Waals surface area contributed by atoms with Crippen LogP contribution in [0, 0.1) is 16.0 Å². The fourth-order valence-corrected chi connectivity index (χ4v) is 2.49. The molecule has 1 fully saturated rings. The molecule has 1 aliphatic rings. The fraction of sp³-hybridized carbons (Fsp3) is 1.00. The molecule has 0 saturated heterocycles. The molecule has 0 heterocycles. The zero-order valence-electron chi connectivity index (χ0n) is 9.71. The Morgan fingerprint density at radius 1 is 1.31 bits per heavy atom. The highest BCUT2D eigenvalue weighted by Crippen LogP contribution is 2.29. The number of aliphatic hydroxyl groups is 2. The number of nitro groups is 1. The highest BCUT2D eigenvalue weighted by Gasteiger charge is 2.37. The van der Waals surface area contributed by atoms with E-state index in [1.165, 1.54) is 6.92 Å². The summed E-state index contributed by atoms with van der Waals surface area (Å²) in [5.41, 5.74) is 0. The predicted octanol–water partition coefficient (Wildman–Crippen LogP) is 1.34. The molecule has 0 bridgehead atoms. The Balaban J connectivity index is 2.58. The number of nitrogens with zero attached hydrogens (tertiary/aromatic N) is 1. The molecule has 0 spiro atoms. The molecule has 1 saturated carbocycles. The third kappa shape index (κ3) is 3.72. The SMILES string of the molecule is CC(O)CC(C(O)C1CCCCC1)[N+](=O)[O-]. The van der Waals surface area contributed by atoms with E-state index in [0.717, 1.165) is 32.1 Å². The van der Waals surface area contributed by atoms with Gasteiger partial charge in [0.15, 0.2) is 0 Å². The second kappa shape index (κ2) is 6.15. The summed E-state index contributed by atoms with van der Waals surface area (Å²) in [6.45, 7) is 1.52. The third-order valence-electron chi connectivity index (χ3n) is 3.38. The van der Waals surface area contributed by atoms with E-state index < -0.39 is 23.2 Å². The first-order chi connectivity index (χ1) is 7.52. The molecule has 0 aromatic carbocycles. The quantitative estimate of drug-likeness (QED) is 0.552. The third-order valence-corrected chi connectivity index (χ3v) is 3.38. The van der Waals surface area contributed by atoms with Crippen molar-refractivity contribution in [2.24, 2.45) is 5.92 Å². The molecule has 2 N–H and O–H groups in total. The van der Waals surface area contributed by atoms with Crippen molar-refractivity contribution in [3.05, 3.63) is 10.1 Å². The van der Waals surface area contributed by atoms with Crippen LogP contribution in [0.5, 0.6) is 0 Å². The molecule has 5 nitrogen and oxygen atoms in total. The molecule has 1 aliphatic carbocycles. The van der Waals surface area contributed by atoms with Gasteiger partial charge in [0, 0.05) is 11.3 Å². The van der Waals surface area contributed by atoms with E-state index in [2.05, 4.69) is 0 Å². The van der Waals surface area contributed by atoms with Crippen molar-refractivity contribution in [3.8, 4) is 0 Å². The molecule has 0 amide bonds. The second-order valence-electron chi connectivity index (χ2n) is 4.83. The van der Waals surface area contributed by atoms with Gasteiger partial charge in [-0.25, -0.2) is 0 Å². The molecule has 94 valence electrons. The van der Waals surface area contributed by atoms with Crippen LogP contribution in [-0.4, -0.2) is 33.4 Å². The van der Waals surface area contributed by atoms with Crippen molar-refractivity contribution in [2.75, 3.05) is 0 Å². The van der Waals surface area contributed by atoms with Crippen LogP contribution in [-0.2, 0) is 0 Å². The summed E-state index contributed by atoms with van der Waals surface area (Å²) < 4.78 is 0. The van der Waals surface area contributed by atoms with Crippen molar-refractivity contribution in [1.82, 2.24) is 0 Å². The van der Waals surface area contributed by atoms with E-state index in [1.54, 1.807) is 0 Å². The van der Waals surface area contributed by atoms with Gasteiger partial charge in [0.05, 0.1) is 6.10 Å². The van der Waals surface area contributed by atoms with Crippen LogP contribution in [0.15, 0.2) is 0 Å². The number of rotatable bonds is 5. The Hall–Kier alpha value is -0.680. The zero-order valence-corrected chi connectivity index (χ0v) is 9.71. The lowest BCUT2D eigenvalue weighted by Crippen LogP contribution is -2.41. The minimum absolute atomic E-state index is 0.0305. The van der Waals surface area contributed by atoms with Gasteiger partial charge in [0.2, 0.25) is 6.04 Å². The maximum absolute atomic E-state index is 10.9. The maximum Gasteiger partial charge on any atom is 0.241 e. The highest BCUT2D eigenvalue weighted by atomic mass is 16.6. The van der Waals surface area contributed by atoms with Gasteiger partial charge >= 0.3 is 0 Å². The number of hydrogen-bond donors (Lipinski definition) is 2. The van der Waals surface area contributed by atoms with Gasteiger partial charge in [-0.2, -0.15) is 0 Å². The average molecular weight is 231 g/mol. The highest BCUT2D eigenvalue weighted by molar-refractivity contribution is 4.80.